The number of aromatic nitrogens is 4. The minimum absolute atomic E-state index is 0.162. The van der Waals surface area contributed by atoms with Crippen molar-refractivity contribution < 1.29 is 13.0 Å². The Kier molecular flexibility index (Phi) is 6.68. The Labute approximate surface area is 205 Å². The molecule has 0 amide bonds. The van der Waals surface area contributed by atoms with E-state index in [1.54, 1.807) is 10.9 Å². The predicted molar refractivity (Wildman–Crippen MR) is 135 cm³/mol. The summed E-state index contributed by atoms with van der Waals surface area (Å²) in [7, 11) is -1.17. The molecule has 2 saturated heterocycles. The van der Waals surface area contributed by atoms with Crippen LogP contribution in [0.15, 0.2) is 42.6 Å². The van der Waals surface area contributed by atoms with Gasteiger partial charge in [-0.3, -0.25) is 0 Å². The van der Waals surface area contributed by atoms with E-state index in [2.05, 4.69) is 19.9 Å². The maximum Gasteiger partial charge on any atom is 0.251 e. The highest BCUT2D eigenvalue weighted by Crippen LogP contribution is 2.32. The summed E-state index contributed by atoms with van der Waals surface area (Å²) >= 11 is 0. The molecule has 0 radical (unpaired) electrons. The molecular weight excluding hydrogens is 472 g/mol. The molecule has 0 saturated carbocycles. The van der Waals surface area contributed by atoms with Gasteiger partial charge in [-0.2, -0.15) is 0 Å². The first-order valence-electron chi connectivity index (χ1n) is 11.9. The van der Waals surface area contributed by atoms with E-state index in [9.17, 15) is 13.0 Å². The van der Waals surface area contributed by atoms with Gasteiger partial charge >= 0.3 is 0 Å². The zero-order chi connectivity index (χ0) is 24.4. The van der Waals surface area contributed by atoms with E-state index in [-0.39, 0.29) is 25.9 Å². The van der Waals surface area contributed by atoms with Crippen LogP contribution in [0.1, 0.15) is 32.1 Å². The number of anilines is 3. The number of hydrogen-bond acceptors (Lipinski definition) is 6. The second kappa shape index (κ2) is 9.88. The summed E-state index contributed by atoms with van der Waals surface area (Å²) in [6.07, 6.45) is 6.58. The third kappa shape index (κ3) is 5.44. The van der Waals surface area contributed by atoms with Crippen LogP contribution in [0.2, 0.25) is 0 Å². The fraction of sp³-hybridized carbons (Fsp3) is 0.458. The van der Waals surface area contributed by atoms with Crippen molar-refractivity contribution >= 4 is 28.2 Å². The highest BCUT2D eigenvalue weighted by atomic mass is 32.2. The largest absolute Gasteiger partial charge is 0.370 e. The molecule has 3 aromatic rings. The lowest BCUT2D eigenvalue weighted by molar-refractivity contribution is -0.0221. The number of halogens is 2. The highest BCUT2D eigenvalue weighted by molar-refractivity contribution is 7.85. The van der Waals surface area contributed by atoms with Gasteiger partial charge in [0, 0.05) is 51.0 Å². The van der Waals surface area contributed by atoms with E-state index < -0.39 is 16.9 Å². The number of hydrogen-bond donors (Lipinski definition) is 1. The quantitative estimate of drug-likeness (QED) is 0.544. The first-order valence-corrected chi connectivity index (χ1v) is 13.5. The van der Waals surface area contributed by atoms with Gasteiger partial charge in [-0.1, -0.05) is 11.3 Å². The van der Waals surface area contributed by atoms with E-state index in [4.69, 9.17) is 4.98 Å². The van der Waals surface area contributed by atoms with Gasteiger partial charge in [0.1, 0.15) is 22.5 Å². The number of piperidine rings is 2. The Hall–Kier alpha value is -3.08. The standard InChI is InChI=1S/C24H29F2N7OS/c1-35(34)29-18-8-9-21(22(16-18)31-12-3-2-4-13-31)33-17-20(28-30-33)19-6-5-7-23(27-19)32-14-10-24(25,26)11-15-32/h5-9,16-17,29H,2-4,10-15H2,1H3. The average molecular weight is 502 g/mol. The van der Waals surface area contributed by atoms with Crippen LogP contribution in [0.4, 0.5) is 26.0 Å². The maximum atomic E-state index is 13.6. The molecular formula is C24H29F2N7OS. The number of nitrogens with one attached hydrogen (secondary N) is 1. The summed E-state index contributed by atoms with van der Waals surface area (Å²) in [6, 6.07) is 11.4. The molecule has 8 nitrogen and oxygen atoms in total. The Morgan fingerprint density at radius 1 is 0.943 bits per heavy atom. The fourth-order valence-corrected chi connectivity index (χ4v) is 5.10. The molecule has 0 aliphatic carbocycles. The lowest BCUT2D eigenvalue weighted by Gasteiger charge is -2.32. The molecule has 2 fully saturated rings. The third-order valence-corrected chi connectivity index (χ3v) is 7.01. The molecule has 2 aliphatic heterocycles. The Bertz CT molecular complexity index is 1200. The number of rotatable bonds is 6. The molecule has 5 rings (SSSR count). The fourth-order valence-electron chi connectivity index (χ4n) is 4.64. The van der Waals surface area contributed by atoms with Crippen molar-refractivity contribution in [2.75, 3.05) is 47.0 Å². The van der Waals surface area contributed by atoms with E-state index >= 15 is 0 Å². The maximum absolute atomic E-state index is 13.6. The van der Waals surface area contributed by atoms with Crippen molar-refractivity contribution in [2.45, 2.75) is 38.0 Å². The molecule has 11 heteroatoms. The van der Waals surface area contributed by atoms with Crippen molar-refractivity contribution in [2.24, 2.45) is 0 Å². The topological polar surface area (TPSA) is 79.2 Å². The van der Waals surface area contributed by atoms with Gasteiger partial charge in [0.15, 0.2) is 0 Å². The van der Waals surface area contributed by atoms with Crippen LogP contribution >= 0.6 is 0 Å². The van der Waals surface area contributed by atoms with E-state index in [0.717, 1.165) is 43.0 Å². The first-order chi connectivity index (χ1) is 16.9. The summed E-state index contributed by atoms with van der Waals surface area (Å²) < 4.78 is 43.5. The molecule has 1 aromatic carbocycles. The molecule has 0 bridgehead atoms. The molecule has 2 aromatic heterocycles. The first kappa shape index (κ1) is 23.7. The van der Waals surface area contributed by atoms with Crippen molar-refractivity contribution in [3.05, 3.63) is 42.6 Å². The Morgan fingerprint density at radius 3 is 2.46 bits per heavy atom. The minimum atomic E-state index is -2.60. The van der Waals surface area contributed by atoms with Crippen LogP contribution in [0, 0.1) is 0 Å². The average Bonchev–Trinajstić information content (AvgIpc) is 3.34. The van der Waals surface area contributed by atoms with Gasteiger partial charge in [0.05, 0.1) is 23.3 Å². The predicted octanol–water partition coefficient (Wildman–Crippen LogP) is 4.26. The summed E-state index contributed by atoms with van der Waals surface area (Å²) in [6.45, 7) is 2.45. The Balaban J connectivity index is 1.43. The smallest absolute Gasteiger partial charge is 0.251 e. The van der Waals surface area contributed by atoms with Crippen LogP contribution in [0.25, 0.3) is 17.1 Å². The number of benzene rings is 1. The lowest BCUT2D eigenvalue weighted by Crippen LogP contribution is -2.39. The summed E-state index contributed by atoms with van der Waals surface area (Å²) in [4.78, 5) is 8.91. The molecule has 4 heterocycles. The second-order valence-electron chi connectivity index (χ2n) is 9.08. The third-order valence-electron chi connectivity index (χ3n) is 6.49. The van der Waals surface area contributed by atoms with Gasteiger partial charge in [-0.25, -0.2) is 22.7 Å². The summed E-state index contributed by atoms with van der Waals surface area (Å²) in [5, 5.41) is 8.74. The molecule has 2 aliphatic rings. The monoisotopic (exact) mass is 501 g/mol. The molecule has 186 valence electrons. The van der Waals surface area contributed by atoms with Crippen molar-refractivity contribution in [3.63, 3.8) is 0 Å². The number of alkyl halides is 2. The van der Waals surface area contributed by atoms with Gasteiger partial charge in [0.2, 0.25) is 0 Å². The van der Waals surface area contributed by atoms with Crippen LogP contribution in [-0.2, 0) is 11.0 Å². The normalized spacial score (nSPS) is 18.9. The molecule has 1 N–H and O–H groups in total. The summed E-state index contributed by atoms with van der Waals surface area (Å²) in [5.41, 5.74) is 3.93. The van der Waals surface area contributed by atoms with Gasteiger partial charge in [-0.15, -0.1) is 5.10 Å². The number of pyridine rings is 1. The van der Waals surface area contributed by atoms with Crippen molar-refractivity contribution in [3.8, 4) is 17.1 Å². The van der Waals surface area contributed by atoms with E-state index in [0.29, 0.717) is 17.2 Å². The molecule has 1 atom stereocenters. The lowest BCUT2D eigenvalue weighted by atomic mass is 10.1. The summed E-state index contributed by atoms with van der Waals surface area (Å²) in [5.74, 6) is -1.93. The van der Waals surface area contributed by atoms with Crippen molar-refractivity contribution in [1.82, 2.24) is 20.0 Å². The zero-order valence-corrected chi connectivity index (χ0v) is 20.5. The zero-order valence-electron chi connectivity index (χ0n) is 19.7. The van der Waals surface area contributed by atoms with Crippen molar-refractivity contribution in [1.29, 1.82) is 0 Å². The number of nitrogens with zero attached hydrogens (tertiary/aromatic N) is 6. The van der Waals surface area contributed by atoms with Crippen LogP contribution in [0.3, 0.4) is 0 Å². The van der Waals surface area contributed by atoms with Crippen LogP contribution in [0.5, 0.6) is 0 Å². The van der Waals surface area contributed by atoms with Crippen LogP contribution < -0.4 is 14.5 Å². The molecule has 35 heavy (non-hydrogen) atoms. The van der Waals surface area contributed by atoms with Gasteiger partial charge < -0.3 is 14.5 Å². The molecule has 0 spiro atoms. The van der Waals surface area contributed by atoms with Gasteiger partial charge in [-0.05, 0) is 49.6 Å². The SMILES string of the molecule is CS(=O)Nc1ccc(-n2cc(-c3cccc(N4CCC(F)(F)CC4)n3)nn2)c(N2CCCCC2)c1. The van der Waals surface area contributed by atoms with Gasteiger partial charge in [0.25, 0.3) is 5.92 Å². The van der Waals surface area contributed by atoms with E-state index in [1.165, 1.54) is 6.42 Å². The Morgan fingerprint density at radius 2 is 1.71 bits per heavy atom. The minimum Gasteiger partial charge on any atom is -0.370 e. The van der Waals surface area contributed by atoms with Crippen LogP contribution in [-0.4, -0.2) is 62.5 Å². The highest BCUT2D eigenvalue weighted by Gasteiger charge is 2.34. The van der Waals surface area contributed by atoms with E-state index in [1.807, 2.05) is 47.5 Å². The molecule has 1 unspecified atom stereocenters. The second-order valence-corrected chi connectivity index (χ2v) is 10.2.